The minimum absolute atomic E-state index is 0.0255. The number of carbonyl (C=O) groups is 1. The summed E-state index contributed by atoms with van der Waals surface area (Å²) in [7, 11) is 2.07. The molecular formula is C14H18ClNO3. The first-order chi connectivity index (χ1) is 9.13. The van der Waals surface area contributed by atoms with Gasteiger partial charge in [-0.3, -0.25) is 0 Å². The number of likely N-dealkylation sites (tertiary alicyclic amines) is 1. The molecule has 1 aliphatic rings. The molecule has 0 radical (unpaired) electrons. The second-order valence-corrected chi connectivity index (χ2v) is 5.17. The number of rotatable bonds is 4. The van der Waals surface area contributed by atoms with E-state index < -0.39 is 0 Å². The molecule has 1 aromatic carbocycles. The highest BCUT2D eigenvalue weighted by Gasteiger charge is 2.20. The maximum absolute atomic E-state index is 11.6. The van der Waals surface area contributed by atoms with E-state index in [9.17, 15) is 4.79 Å². The standard InChI is InChI=1S/C14H18ClNO3/c1-16-8-6-13(7-9-16)19-14(17)10-18-12-4-2-11(15)3-5-12/h2-5,13H,6-10H2,1H3. The molecule has 0 spiro atoms. The van der Waals surface area contributed by atoms with Gasteiger partial charge in [0.05, 0.1) is 0 Å². The van der Waals surface area contributed by atoms with Gasteiger partial charge in [-0.05, 0) is 44.2 Å². The lowest BCUT2D eigenvalue weighted by Gasteiger charge is -2.28. The highest BCUT2D eigenvalue weighted by Crippen LogP contribution is 2.16. The summed E-state index contributed by atoms with van der Waals surface area (Å²) in [5.74, 6) is 0.300. The first-order valence-corrected chi connectivity index (χ1v) is 6.77. The Kier molecular flexibility index (Phi) is 5.05. The molecule has 0 unspecified atom stereocenters. The van der Waals surface area contributed by atoms with Gasteiger partial charge >= 0.3 is 5.97 Å². The summed E-state index contributed by atoms with van der Waals surface area (Å²) in [6, 6.07) is 6.90. The molecule has 104 valence electrons. The summed E-state index contributed by atoms with van der Waals surface area (Å²) in [4.78, 5) is 13.9. The third kappa shape index (κ3) is 4.73. The Morgan fingerprint density at radius 3 is 2.58 bits per heavy atom. The van der Waals surface area contributed by atoms with Gasteiger partial charge in [-0.2, -0.15) is 0 Å². The van der Waals surface area contributed by atoms with Crippen LogP contribution in [0.5, 0.6) is 5.75 Å². The van der Waals surface area contributed by atoms with Crippen LogP contribution in [-0.2, 0) is 9.53 Å². The van der Waals surface area contributed by atoms with Crippen molar-refractivity contribution in [1.82, 2.24) is 4.90 Å². The van der Waals surface area contributed by atoms with Crippen LogP contribution in [0.4, 0.5) is 0 Å². The molecule has 0 atom stereocenters. The second-order valence-electron chi connectivity index (χ2n) is 4.74. The van der Waals surface area contributed by atoms with E-state index in [0.717, 1.165) is 25.9 Å². The molecule has 0 aromatic heterocycles. The number of hydrogen-bond donors (Lipinski definition) is 0. The van der Waals surface area contributed by atoms with Crippen LogP contribution in [-0.4, -0.2) is 43.7 Å². The van der Waals surface area contributed by atoms with Gasteiger partial charge in [-0.1, -0.05) is 11.6 Å². The number of esters is 1. The smallest absolute Gasteiger partial charge is 0.344 e. The number of halogens is 1. The van der Waals surface area contributed by atoms with Crippen molar-refractivity contribution in [1.29, 1.82) is 0 Å². The summed E-state index contributed by atoms with van der Waals surface area (Å²) in [6.45, 7) is 1.87. The Balaban J connectivity index is 1.71. The minimum Gasteiger partial charge on any atom is -0.482 e. The molecule has 0 N–H and O–H groups in total. The Labute approximate surface area is 118 Å². The zero-order valence-electron chi connectivity index (χ0n) is 11.0. The lowest BCUT2D eigenvalue weighted by Crippen LogP contribution is -2.36. The maximum Gasteiger partial charge on any atom is 0.344 e. The summed E-state index contributed by atoms with van der Waals surface area (Å²) in [5, 5.41) is 0.640. The summed E-state index contributed by atoms with van der Waals surface area (Å²) >= 11 is 5.76. The third-order valence-corrected chi connectivity index (χ3v) is 3.39. The molecule has 5 heteroatoms. The van der Waals surface area contributed by atoms with Gasteiger partial charge in [-0.25, -0.2) is 4.79 Å². The normalized spacial score (nSPS) is 17.2. The first-order valence-electron chi connectivity index (χ1n) is 6.40. The van der Waals surface area contributed by atoms with E-state index >= 15 is 0 Å². The van der Waals surface area contributed by atoms with Crippen LogP contribution >= 0.6 is 11.6 Å². The monoisotopic (exact) mass is 283 g/mol. The zero-order chi connectivity index (χ0) is 13.7. The number of nitrogens with zero attached hydrogens (tertiary/aromatic N) is 1. The predicted octanol–water partition coefficient (Wildman–Crippen LogP) is 2.36. The van der Waals surface area contributed by atoms with Crippen molar-refractivity contribution in [3.63, 3.8) is 0 Å². The van der Waals surface area contributed by atoms with Crippen LogP contribution in [0.3, 0.4) is 0 Å². The van der Waals surface area contributed by atoms with E-state index in [-0.39, 0.29) is 18.7 Å². The van der Waals surface area contributed by atoms with Gasteiger partial charge in [0.25, 0.3) is 0 Å². The maximum atomic E-state index is 11.6. The van der Waals surface area contributed by atoms with Crippen molar-refractivity contribution in [3.8, 4) is 5.75 Å². The molecule has 1 saturated heterocycles. The van der Waals surface area contributed by atoms with Crippen LogP contribution in [0.1, 0.15) is 12.8 Å². The average Bonchev–Trinajstić information content (AvgIpc) is 2.41. The number of hydrogen-bond acceptors (Lipinski definition) is 4. The molecule has 0 aliphatic carbocycles. The van der Waals surface area contributed by atoms with Gasteiger partial charge in [0.15, 0.2) is 6.61 Å². The largest absolute Gasteiger partial charge is 0.482 e. The van der Waals surface area contributed by atoms with Crippen LogP contribution in [0.15, 0.2) is 24.3 Å². The number of benzene rings is 1. The molecular weight excluding hydrogens is 266 g/mol. The van der Waals surface area contributed by atoms with Crippen molar-refractivity contribution in [2.45, 2.75) is 18.9 Å². The fourth-order valence-corrected chi connectivity index (χ4v) is 2.12. The molecule has 4 nitrogen and oxygen atoms in total. The van der Waals surface area contributed by atoms with E-state index in [2.05, 4.69) is 11.9 Å². The Morgan fingerprint density at radius 1 is 1.32 bits per heavy atom. The zero-order valence-corrected chi connectivity index (χ0v) is 11.7. The number of piperidine rings is 1. The Morgan fingerprint density at radius 2 is 1.95 bits per heavy atom. The van der Waals surface area contributed by atoms with E-state index in [1.165, 1.54) is 0 Å². The summed E-state index contributed by atoms with van der Waals surface area (Å²) < 4.78 is 10.7. The Hall–Kier alpha value is -1.26. The second kappa shape index (κ2) is 6.78. The van der Waals surface area contributed by atoms with Crippen molar-refractivity contribution in [2.75, 3.05) is 26.7 Å². The molecule has 2 rings (SSSR count). The Bertz CT molecular complexity index is 413. The van der Waals surface area contributed by atoms with E-state index in [1.807, 2.05) is 0 Å². The highest BCUT2D eigenvalue weighted by atomic mass is 35.5. The fraction of sp³-hybridized carbons (Fsp3) is 0.500. The van der Waals surface area contributed by atoms with Crippen molar-refractivity contribution in [2.24, 2.45) is 0 Å². The van der Waals surface area contributed by atoms with Crippen LogP contribution in [0, 0.1) is 0 Å². The quantitative estimate of drug-likeness (QED) is 0.795. The molecule has 1 fully saturated rings. The minimum atomic E-state index is -0.315. The summed E-state index contributed by atoms with van der Waals surface area (Å²) in [5.41, 5.74) is 0. The van der Waals surface area contributed by atoms with Gasteiger partial charge < -0.3 is 14.4 Å². The van der Waals surface area contributed by atoms with Crippen molar-refractivity contribution >= 4 is 17.6 Å². The van der Waals surface area contributed by atoms with Gasteiger partial charge in [0.2, 0.25) is 0 Å². The topological polar surface area (TPSA) is 38.8 Å². The molecule has 19 heavy (non-hydrogen) atoms. The predicted molar refractivity (Wildman–Crippen MR) is 73.6 cm³/mol. The lowest BCUT2D eigenvalue weighted by molar-refractivity contribution is -0.153. The summed E-state index contributed by atoms with van der Waals surface area (Å²) in [6.07, 6.45) is 1.81. The third-order valence-electron chi connectivity index (χ3n) is 3.13. The molecule has 1 heterocycles. The number of ether oxygens (including phenoxy) is 2. The van der Waals surface area contributed by atoms with E-state index in [1.54, 1.807) is 24.3 Å². The first kappa shape index (κ1) is 14.2. The van der Waals surface area contributed by atoms with E-state index in [4.69, 9.17) is 21.1 Å². The SMILES string of the molecule is CN1CCC(OC(=O)COc2ccc(Cl)cc2)CC1. The van der Waals surface area contributed by atoms with Gasteiger partial charge in [0.1, 0.15) is 11.9 Å². The highest BCUT2D eigenvalue weighted by molar-refractivity contribution is 6.30. The number of carbonyl (C=O) groups excluding carboxylic acids is 1. The van der Waals surface area contributed by atoms with Crippen LogP contribution < -0.4 is 4.74 Å². The molecule has 0 amide bonds. The van der Waals surface area contributed by atoms with Crippen molar-refractivity contribution in [3.05, 3.63) is 29.3 Å². The average molecular weight is 284 g/mol. The van der Waals surface area contributed by atoms with Gasteiger partial charge in [0, 0.05) is 18.1 Å². The molecule has 1 aromatic rings. The van der Waals surface area contributed by atoms with Gasteiger partial charge in [-0.15, -0.1) is 0 Å². The molecule has 0 bridgehead atoms. The van der Waals surface area contributed by atoms with Crippen molar-refractivity contribution < 1.29 is 14.3 Å². The fourth-order valence-electron chi connectivity index (χ4n) is 2.00. The van der Waals surface area contributed by atoms with E-state index in [0.29, 0.717) is 10.8 Å². The van der Waals surface area contributed by atoms with Crippen LogP contribution in [0.2, 0.25) is 5.02 Å². The van der Waals surface area contributed by atoms with Crippen LogP contribution in [0.25, 0.3) is 0 Å². The lowest BCUT2D eigenvalue weighted by atomic mass is 10.1. The molecule has 0 saturated carbocycles. The molecule has 1 aliphatic heterocycles.